The van der Waals surface area contributed by atoms with Crippen molar-refractivity contribution in [1.82, 2.24) is 25.1 Å². The number of esters is 1. The molecule has 0 saturated carbocycles. The summed E-state index contributed by atoms with van der Waals surface area (Å²) in [6.45, 7) is 11.2. The molecular formula is C45H50IN9O10S3. The van der Waals surface area contributed by atoms with Crippen molar-refractivity contribution < 1.29 is 76.3 Å². The quantitative estimate of drug-likeness (QED) is 0.0184. The van der Waals surface area contributed by atoms with Crippen LogP contribution in [0.5, 0.6) is 5.75 Å². The number of hydrogen-bond donors (Lipinski definition) is 4. The molecule has 2 atom stereocenters. The van der Waals surface area contributed by atoms with Gasteiger partial charge in [-0.1, -0.05) is 17.3 Å². The van der Waals surface area contributed by atoms with Crippen LogP contribution in [-0.4, -0.2) is 98.6 Å². The standard InChI is InChI=1S/C45H49N9O10S3.HI/c1-44(2,3)63-42(58)49-36(46)27-17-30(65-22-27)20-53-16-13-26-18-52(15-14-32(26)53)19-28-23-66-39-34(38(56)54(39)35(28)40(57)62-21-25-9-11-29(60-7)12-10-25)48-37(55)33(51-61-8)31-24-67-41(47-31)50-43(59)64-45(4,5)6;/h9-18,22,24,34,39H,19-21,23H2,1-8H3,(H3-,46,47,48,49,50,55,58,59);1H/b51-33-;/t34-,39-;/m1./s1. The van der Waals surface area contributed by atoms with Gasteiger partial charge in [0.1, 0.15) is 59.3 Å². The van der Waals surface area contributed by atoms with Crippen LogP contribution in [0.1, 0.15) is 63.2 Å². The summed E-state index contributed by atoms with van der Waals surface area (Å²) in [6, 6.07) is 11.9. The highest BCUT2D eigenvalue weighted by Crippen LogP contribution is 2.41. The van der Waals surface area contributed by atoms with Crippen molar-refractivity contribution in [2.45, 2.75) is 83.9 Å². The predicted molar refractivity (Wildman–Crippen MR) is 252 cm³/mol. The number of halogens is 1. The number of thiazole rings is 1. The molecule has 19 nitrogen and oxygen atoms in total. The average Bonchev–Trinajstić information content (AvgIpc) is 4.03. The highest BCUT2D eigenvalue weighted by molar-refractivity contribution is 8.00. The lowest BCUT2D eigenvalue weighted by molar-refractivity contribution is -0.687. The van der Waals surface area contributed by atoms with Crippen LogP contribution < -0.4 is 49.2 Å². The van der Waals surface area contributed by atoms with Crippen molar-refractivity contribution in [3.8, 4) is 5.75 Å². The van der Waals surface area contributed by atoms with E-state index in [1.807, 2.05) is 46.7 Å². The lowest BCUT2D eigenvalue weighted by Crippen LogP contribution is -3.00. The number of nitrogens with one attached hydrogen (secondary N) is 4. The van der Waals surface area contributed by atoms with E-state index in [-0.39, 0.29) is 65.2 Å². The number of amidine groups is 1. The Kier molecular flexibility index (Phi) is 16.2. The number of anilines is 1. The summed E-state index contributed by atoms with van der Waals surface area (Å²) in [6.07, 6.45) is 4.40. The summed E-state index contributed by atoms with van der Waals surface area (Å²) < 4.78 is 25.7. The third-order valence-electron chi connectivity index (χ3n) is 9.84. The van der Waals surface area contributed by atoms with Crippen molar-refractivity contribution in [3.63, 3.8) is 0 Å². The van der Waals surface area contributed by atoms with Crippen LogP contribution in [-0.2, 0) is 53.1 Å². The van der Waals surface area contributed by atoms with E-state index in [1.165, 1.54) is 40.5 Å². The number of alkyl carbamates (subject to hydrolysis) is 1. The van der Waals surface area contributed by atoms with Crippen molar-refractivity contribution >= 4 is 92.0 Å². The van der Waals surface area contributed by atoms with Gasteiger partial charge in [0.15, 0.2) is 29.8 Å². The fraction of sp³-hybridized carbons (Fsp3) is 0.356. The maximum atomic E-state index is 14.1. The van der Waals surface area contributed by atoms with Gasteiger partial charge in [-0.05, 0) is 71.4 Å². The number of benzene rings is 1. The van der Waals surface area contributed by atoms with Gasteiger partial charge in [-0.25, -0.2) is 23.9 Å². The molecule has 4 amide bonds. The van der Waals surface area contributed by atoms with Gasteiger partial charge in [0, 0.05) is 44.8 Å². The number of hydrogen-bond acceptors (Lipinski definition) is 16. The second-order valence-electron chi connectivity index (χ2n) is 17.2. The van der Waals surface area contributed by atoms with Gasteiger partial charge in [-0.2, -0.15) is 0 Å². The third-order valence-corrected chi connectivity index (χ3v) is 12.9. The van der Waals surface area contributed by atoms with Crippen LogP contribution in [0.3, 0.4) is 0 Å². The first-order valence-corrected chi connectivity index (χ1v) is 23.6. The summed E-state index contributed by atoms with van der Waals surface area (Å²) in [7, 11) is 2.82. The first-order chi connectivity index (χ1) is 31.8. The monoisotopic (exact) mass is 1100 g/mol. The Morgan fingerprint density at radius 3 is 2.38 bits per heavy atom. The van der Waals surface area contributed by atoms with Gasteiger partial charge >= 0.3 is 18.2 Å². The van der Waals surface area contributed by atoms with Gasteiger partial charge in [0.2, 0.25) is 0 Å². The number of ether oxygens (including phenoxy) is 4. The molecule has 2 aliphatic rings. The van der Waals surface area contributed by atoms with E-state index in [9.17, 15) is 24.0 Å². The number of β-lactam (4-membered cyclic amide) rings is 1. The molecule has 360 valence electrons. The Hall–Kier alpha value is -6.05. The van der Waals surface area contributed by atoms with Gasteiger partial charge < -0.3 is 57.6 Å². The van der Waals surface area contributed by atoms with Gasteiger partial charge in [-0.3, -0.25) is 30.5 Å². The fourth-order valence-electron chi connectivity index (χ4n) is 6.96. The second kappa shape index (κ2) is 21.5. The summed E-state index contributed by atoms with van der Waals surface area (Å²) in [5, 5.41) is 23.8. The maximum absolute atomic E-state index is 14.1. The van der Waals surface area contributed by atoms with E-state index in [1.54, 1.807) is 72.9 Å². The molecule has 2 aliphatic heterocycles. The highest BCUT2D eigenvalue weighted by atomic mass is 127. The molecule has 6 heterocycles. The first kappa shape index (κ1) is 51.3. The summed E-state index contributed by atoms with van der Waals surface area (Å²) in [4.78, 5) is 78.1. The topological polar surface area (TPSA) is 229 Å². The number of carbonyl (C=O) groups is 5. The number of oxime groups is 1. The number of aromatic nitrogens is 3. The van der Waals surface area contributed by atoms with Crippen LogP contribution >= 0.6 is 34.4 Å². The molecule has 0 spiro atoms. The molecule has 0 unspecified atom stereocenters. The number of thioether (sulfide) groups is 1. The molecule has 5 aromatic rings. The van der Waals surface area contributed by atoms with Gasteiger partial charge in [-0.15, -0.1) is 34.4 Å². The van der Waals surface area contributed by atoms with Crippen molar-refractivity contribution in [2.24, 2.45) is 5.16 Å². The molecular weight excluding hydrogens is 1050 g/mol. The zero-order chi connectivity index (χ0) is 48.2. The SMILES string of the molecule is CO/N=C(\C(=O)N[C@@H]1C(=O)N2C(C(=O)OCc3ccc(OC)cc3)=C(C[n+]3ccc4c(ccn4Cc4cc(C(=N)NC(=O)OC(C)(C)C)cs4)c3)CS[C@H]12)c1csc(NC(=O)OC(C)(C)C)n1.[I-]. The highest BCUT2D eigenvalue weighted by Gasteiger charge is 2.55. The molecule has 0 aliphatic carbocycles. The Labute approximate surface area is 421 Å². The molecule has 23 heteroatoms. The number of nitrogens with zero attached hydrogens (tertiary/aromatic N) is 5. The average molecular weight is 1100 g/mol. The molecule has 0 bridgehead atoms. The second-order valence-corrected chi connectivity index (χ2v) is 20.2. The molecule has 4 N–H and O–H groups in total. The van der Waals surface area contributed by atoms with E-state index < -0.39 is 52.6 Å². The lowest BCUT2D eigenvalue weighted by atomic mass is 10.0. The van der Waals surface area contributed by atoms with Crippen LogP contribution in [0.15, 0.2) is 88.2 Å². The molecule has 1 saturated heterocycles. The van der Waals surface area contributed by atoms with Gasteiger partial charge in [0.25, 0.3) is 11.8 Å². The number of pyridine rings is 1. The number of methoxy groups -OCH3 is 1. The van der Waals surface area contributed by atoms with Gasteiger partial charge in [0.05, 0.1) is 24.6 Å². The fourth-order valence-corrected chi connectivity index (χ4v) is 9.85. The molecule has 1 aromatic carbocycles. The minimum absolute atomic E-state index is 0. The van der Waals surface area contributed by atoms with Crippen molar-refractivity contribution in [2.75, 3.05) is 25.3 Å². The number of carbonyl (C=O) groups excluding carboxylic acids is 5. The van der Waals surface area contributed by atoms with Crippen LogP contribution in [0.2, 0.25) is 0 Å². The summed E-state index contributed by atoms with van der Waals surface area (Å²) in [5.41, 5.74) is 1.41. The van der Waals surface area contributed by atoms with Crippen LogP contribution in [0.4, 0.5) is 14.7 Å². The molecule has 68 heavy (non-hydrogen) atoms. The third kappa shape index (κ3) is 12.5. The van der Waals surface area contributed by atoms with E-state index in [2.05, 4.69) is 30.7 Å². The van der Waals surface area contributed by atoms with Crippen LogP contribution in [0.25, 0.3) is 10.9 Å². The maximum Gasteiger partial charge on any atom is 0.413 e. The Balaban J connectivity index is 0.00000761. The Bertz CT molecular complexity index is 2790. The molecule has 1 fully saturated rings. The minimum Gasteiger partial charge on any atom is -1.00 e. The van der Waals surface area contributed by atoms with Crippen LogP contribution in [0, 0.1) is 5.41 Å². The summed E-state index contributed by atoms with van der Waals surface area (Å²) >= 11 is 3.91. The lowest BCUT2D eigenvalue weighted by Gasteiger charge is -2.49. The normalized spacial score (nSPS) is 15.9. The minimum atomic E-state index is -1.03. The Morgan fingerprint density at radius 2 is 1.69 bits per heavy atom. The Morgan fingerprint density at radius 1 is 0.971 bits per heavy atom. The number of amides is 4. The number of fused-ring (bicyclic) bond motifs is 2. The number of thiophene rings is 1. The van der Waals surface area contributed by atoms with E-state index in [4.69, 9.17) is 29.2 Å². The largest absolute Gasteiger partial charge is 1.00 e. The van der Waals surface area contributed by atoms with E-state index in [0.29, 0.717) is 34.7 Å². The molecule has 7 rings (SSSR count). The smallest absolute Gasteiger partial charge is 0.413 e. The van der Waals surface area contributed by atoms with E-state index >= 15 is 0 Å². The van der Waals surface area contributed by atoms with Crippen molar-refractivity contribution in [3.05, 3.63) is 105 Å². The molecule has 0 radical (unpaired) electrons. The van der Waals surface area contributed by atoms with Crippen molar-refractivity contribution in [1.29, 1.82) is 5.41 Å². The predicted octanol–water partition coefficient (Wildman–Crippen LogP) is 3.15. The first-order valence-electron chi connectivity index (χ1n) is 20.8. The zero-order valence-electron chi connectivity index (χ0n) is 38.3. The number of rotatable bonds is 14. The molecule has 4 aromatic heterocycles. The zero-order valence-corrected chi connectivity index (χ0v) is 42.9. The summed E-state index contributed by atoms with van der Waals surface area (Å²) in [5.74, 6) is -1.04. The van der Waals surface area contributed by atoms with E-state index in [0.717, 1.165) is 27.1 Å².